The van der Waals surface area contributed by atoms with Gasteiger partial charge in [-0.25, -0.2) is 0 Å². The molecule has 0 saturated carbocycles. The van der Waals surface area contributed by atoms with Crippen molar-refractivity contribution < 1.29 is 4.74 Å². The largest absolute Gasteiger partial charge is 0.497 e. The molecular weight excluding hydrogens is 368 g/mol. The summed E-state index contributed by atoms with van der Waals surface area (Å²) in [5.74, 6) is 0.825. The second-order valence-corrected chi connectivity index (χ2v) is 7.57. The molecule has 2 atom stereocenters. The minimum Gasteiger partial charge on any atom is -0.497 e. The maximum absolute atomic E-state index is 5.75. The molecule has 5 nitrogen and oxygen atoms in total. The number of hydrogen-bond acceptors (Lipinski definition) is 3. The molecule has 6 heteroatoms. The Morgan fingerprint density at radius 2 is 1.89 bits per heavy atom. The smallest absolute Gasteiger partial charge is 0.174 e. The molecule has 1 saturated heterocycles. The van der Waals surface area contributed by atoms with Gasteiger partial charge in [0.15, 0.2) is 5.11 Å². The number of thiocarbonyl (C=S) groups is 1. The molecule has 0 radical (unpaired) electrons. The molecule has 1 aliphatic heterocycles. The zero-order valence-corrected chi connectivity index (χ0v) is 17.1. The first-order valence-corrected chi connectivity index (χ1v) is 9.81. The van der Waals surface area contributed by atoms with Crippen molar-refractivity contribution in [3.05, 3.63) is 78.4 Å². The number of aromatic nitrogens is 2. The van der Waals surface area contributed by atoms with Crippen LogP contribution in [0.3, 0.4) is 0 Å². The average molecular weight is 393 g/mol. The van der Waals surface area contributed by atoms with Gasteiger partial charge in [-0.1, -0.05) is 6.07 Å². The summed E-state index contributed by atoms with van der Waals surface area (Å²) < 4.78 is 7.53. The van der Waals surface area contributed by atoms with Crippen LogP contribution in [0.2, 0.25) is 0 Å². The van der Waals surface area contributed by atoms with E-state index in [0.29, 0.717) is 11.2 Å². The van der Waals surface area contributed by atoms with E-state index in [1.54, 1.807) is 7.11 Å². The number of anilines is 1. The Morgan fingerprint density at radius 3 is 2.50 bits per heavy atom. The van der Waals surface area contributed by atoms with Crippen molar-refractivity contribution in [1.82, 2.24) is 14.9 Å². The number of hydrogen-bond donors (Lipinski definition) is 1. The molecule has 3 aromatic rings. The highest BCUT2D eigenvalue weighted by atomic mass is 32.1. The topological polar surface area (TPSA) is 42.3 Å². The van der Waals surface area contributed by atoms with Gasteiger partial charge in [0.05, 0.1) is 24.9 Å². The number of nitrogens with one attached hydrogen (secondary N) is 1. The van der Waals surface area contributed by atoms with Gasteiger partial charge >= 0.3 is 0 Å². The van der Waals surface area contributed by atoms with Crippen LogP contribution in [-0.2, 0) is 0 Å². The van der Waals surface area contributed by atoms with Crippen LogP contribution in [0.15, 0.2) is 67.1 Å². The van der Waals surface area contributed by atoms with E-state index in [9.17, 15) is 0 Å². The van der Waals surface area contributed by atoms with Crippen LogP contribution in [0.4, 0.5) is 5.69 Å². The fraction of sp³-hybridized carbons (Fsp3) is 0.273. The van der Waals surface area contributed by atoms with Gasteiger partial charge in [-0.2, -0.15) is 0 Å². The summed E-state index contributed by atoms with van der Waals surface area (Å²) in [5, 5.41) is 4.19. The molecule has 2 aromatic heterocycles. The molecule has 4 rings (SSSR count). The van der Waals surface area contributed by atoms with E-state index in [1.165, 1.54) is 5.56 Å². The van der Waals surface area contributed by atoms with E-state index < -0.39 is 0 Å². The van der Waals surface area contributed by atoms with Gasteiger partial charge in [0, 0.05) is 30.3 Å². The number of rotatable bonds is 5. The highest BCUT2D eigenvalue weighted by molar-refractivity contribution is 7.80. The van der Waals surface area contributed by atoms with Gasteiger partial charge in [0.1, 0.15) is 5.75 Å². The van der Waals surface area contributed by atoms with E-state index in [2.05, 4.69) is 52.1 Å². The molecule has 0 bridgehead atoms. The lowest BCUT2D eigenvalue weighted by Crippen LogP contribution is -2.29. The van der Waals surface area contributed by atoms with E-state index in [-0.39, 0.29) is 12.1 Å². The van der Waals surface area contributed by atoms with Crippen LogP contribution in [0.25, 0.3) is 0 Å². The fourth-order valence-electron chi connectivity index (χ4n) is 3.64. The minimum atomic E-state index is -0.0289. The Kier molecular flexibility index (Phi) is 5.05. The summed E-state index contributed by atoms with van der Waals surface area (Å²) in [7, 11) is 1.67. The maximum Gasteiger partial charge on any atom is 0.174 e. The third-order valence-electron chi connectivity index (χ3n) is 5.12. The molecule has 0 spiro atoms. The third-order valence-corrected chi connectivity index (χ3v) is 5.44. The number of pyridine rings is 1. The Labute approximate surface area is 171 Å². The molecule has 3 heterocycles. The Morgan fingerprint density at radius 1 is 1.11 bits per heavy atom. The summed E-state index contributed by atoms with van der Waals surface area (Å²) in [4.78, 5) is 6.77. The number of nitrogens with zero attached hydrogens (tertiary/aromatic N) is 3. The summed E-state index contributed by atoms with van der Waals surface area (Å²) >= 11 is 5.75. The molecule has 0 amide bonds. The van der Waals surface area contributed by atoms with Crippen LogP contribution in [0.5, 0.6) is 5.75 Å². The Balaban J connectivity index is 1.79. The van der Waals surface area contributed by atoms with E-state index in [0.717, 1.165) is 17.1 Å². The van der Waals surface area contributed by atoms with Crippen molar-refractivity contribution in [2.24, 2.45) is 0 Å². The maximum atomic E-state index is 5.75. The Bertz CT molecular complexity index is 952. The highest BCUT2D eigenvalue weighted by Crippen LogP contribution is 2.42. The van der Waals surface area contributed by atoms with Gasteiger partial charge in [-0.3, -0.25) is 4.98 Å². The second kappa shape index (κ2) is 7.64. The SMILES string of the molecule is COc1ccc(N2C(=S)N[C@H](c3ccccn3)[C@@H]2c2ccn(C(C)C)c2)cc1. The first kappa shape index (κ1) is 18.5. The van der Waals surface area contributed by atoms with E-state index in [1.807, 2.05) is 48.7 Å². The van der Waals surface area contributed by atoms with Gasteiger partial charge in [-0.05, 0) is 74.1 Å². The van der Waals surface area contributed by atoms with Crippen molar-refractivity contribution in [1.29, 1.82) is 0 Å². The zero-order chi connectivity index (χ0) is 19.7. The summed E-state index contributed by atoms with van der Waals surface area (Å²) in [6, 6.07) is 16.6. The lowest BCUT2D eigenvalue weighted by Gasteiger charge is -2.27. The average Bonchev–Trinajstić information content (AvgIpc) is 3.33. The quantitative estimate of drug-likeness (QED) is 0.640. The van der Waals surface area contributed by atoms with Crippen molar-refractivity contribution in [2.75, 3.05) is 12.0 Å². The van der Waals surface area contributed by atoms with Gasteiger partial charge in [-0.15, -0.1) is 0 Å². The van der Waals surface area contributed by atoms with Gasteiger partial charge < -0.3 is 19.5 Å². The van der Waals surface area contributed by atoms with Crippen LogP contribution < -0.4 is 15.0 Å². The lowest BCUT2D eigenvalue weighted by atomic mass is 9.98. The number of benzene rings is 1. The molecule has 144 valence electrons. The van der Waals surface area contributed by atoms with Crippen LogP contribution in [0, 0.1) is 0 Å². The number of methoxy groups -OCH3 is 1. The number of ether oxygens (including phenoxy) is 1. The first-order chi connectivity index (χ1) is 13.6. The second-order valence-electron chi connectivity index (χ2n) is 7.18. The van der Waals surface area contributed by atoms with Gasteiger partial charge in [0.25, 0.3) is 0 Å². The summed E-state index contributed by atoms with van der Waals surface area (Å²) in [6.45, 7) is 4.36. The zero-order valence-electron chi connectivity index (χ0n) is 16.2. The molecule has 1 fully saturated rings. The molecule has 0 aliphatic carbocycles. The van der Waals surface area contributed by atoms with E-state index in [4.69, 9.17) is 17.0 Å². The normalized spacial score (nSPS) is 19.1. The van der Waals surface area contributed by atoms with Crippen molar-refractivity contribution >= 4 is 23.0 Å². The molecule has 28 heavy (non-hydrogen) atoms. The molecule has 1 N–H and O–H groups in total. The molecule has 1 aliphatic rings. The lowest BCUT2D eigenvalue weighted by molar-refractivity contribution is 0.415. The molecule has 0 unspecified atom stereocenters. The Hall–Kier alpha value is -2.86. The van der Waals surface area contributed by atoms with Crippen LogP contribution in [-0.4, -0.2) is 21.8 Å². The monoisotopic (exact) mass is 392 g/mol. The standard InChI is InChI=1S/C22H24N4OS/c1-15(2)25-13-11-16(14-25)21-20(19-6-4-5-12-23-19)24-22(28)26(21)17-7-9-18(27-3)10-8-17/h4-15,20-21H,1-3H3,(H,24,28)/t20-,21+/m1/s1. The van der Waals surface area contributed by atoms with Crippen molar-refractivity contribution in [3.8, 4) is 5.75 Å². The van der Waals surface area contributed by atoms with Gasteiger partial charge in [0.2, 0.25) is 0 Å². The van der Waals surface area contributed by atoms with Crippen LogP contribution in [0.1, 0.15) is 43.2 Å². The predicted octanol–water partition coefficient (Wildman–Crippen LogP) is 4.65. The third kappa shape index (κ3) is 3.36. The van der Waals surface area contributed by atoms with Crippen molar-refractivity contribution in [2.45, 2.75) is 32.0 Å². The summed E-state index contributed by atoms with van der Waals surface area (Å²) in [6.07, 6.45) is 6.16. The summed E-state index contributed by atoms with van der Waals surface area (Å²) in [5.41, 5.74) is 3.20. The van der Waals surface area contributed by atoms with Crippen molar-refractivity contribution in [3.63, 3.8) is 0 Å². The first-order valence-electron chi connectivity index (χ1n) is 9.40. The molecular formula is C22H24N4OS. The van der Waals surface area contributed by atoms with E-state index >= 15 is 0 Å². The predicted molar refractivity (Wildman–Crippen MR) is 116 cm³/mol. The highest BCUT2D eigenvalue weighted by Gasteiger charge is 2.41. The molecule has 1 aromatic carbocycles. The fourth-order valence-corrected chi connectivity index (χ4v) is 3.99. The van der Waals surface area contributed by atoms with Crippen LogP contribution >= 0.6 is 12.2 Å². The minimum absolute atomic E-state index is 0.01000.